The van der Waals surface area contributed by atoms with Gasteiger partial charge in [-0.15, -0.1) is 0 Å². The summed E-state index contributed by atoms with van der Waals surface area (Å²) in [7, 11) is 0. The molecule has 2 amide bonds. The van der Waals surface area contributed by atoms with Gasteiger partial charge in [0.15, 0.2) is 6.61 Å². The molecule has 0 saturated heterocycles. The number of hydrogen-bond acceptors (Lipinski definition) is 4. The highest BCUT2D eigenvalue weighted by Crippen LogP contribution is 2.27. The molecule has 0 spiro atoms. The van der Waals surface area contributed by atoms with Crippen LogP contribution in [-0.4, -0.2) is 24.5 Å². The molecule has 6 nitrogen and oxygen atoms in total. The van der Waals surface area contributed by atoms with Crippen LogP contribution < -0.4 is 20.3 Å². The fraction of sp³-hybridized carbons (Fsp3) is 0.222. The topological polar surface area (TPSA) is 76.7 Å². The highest BCUT2D eigenvalue weighted by atomic mass is 35.5. The van der Waals surface area contributed by atoms with Crippen molar-refractivity contribution in [3.05, 3.63) is 58.1 Å². The molecule has 0 aliphatic carbocycles. The van der Waals surface area contributed by atoms with Gasteiger partial charge >= 0.3 is 0 Å². The van der Waals surface area contributed by atoms with Crippen LogP contribution >= 0.6 is 23.2 Å². The lowest BCUT2D eigenvalue weighted by Crippen LogP contribution is -2.43. The van der Waals surface area contributed by atoms with Gasteiger partial charge in [0.05, 0.1) is 11.1 Å². The Morgan fingerprint density at radius 1 is 1.08 bits per heavy atom. The number of carbonyl (C=O) groups is 2. The molecule has 8 heteroatoms. The summed E-state index contributed by atoms with van der Waals surface area (Å²) in [5, 5.41) is 0.749. The average Bonchev–Trinajstić information content (AvgIpc) is 2.58. The van der Waals surface area contributed by atoms with E-state index in [1.165, 1.54) is 6.07 Å². The fourth-order valence-corrected chi connectivity index (χ4v) is 2.42. The molecule has 0 aliphatic heterocycles. The number of hydrazine groups is 1. The van der Waals surface area contributed by atoms with Gasteiger partial charge in [-0.3, -0.25) is 20.4 Å². The van der Waals surface area contributed by atoms with Crippen molar-refractivity contribution in [3.8, 4) is 11.5 Å². The molecule has 0 aromatic heterocycles. The largest absolute Gasteiger partial charge is 0.491 e. The van der Waals surface area contributed by atoms with E-state index in [0.29, 0.717) is 22.1 Å². The smallest absolute Gasteiger partial charge is 0.276 e. The summed E-state index contributed by atoms with van der Waals surface area (Å²) >= 11 is 11.7. The van der Waals surface area contributed by atoms with E-state index >= 15 is 0 Å². The lowest BCUT2D eigenvalue weighted by molar-refractivity contribution is -0.123. The summed E-state index contributed by atoms with van der Waals surface area (Å²) in [5.74, 6) is -0.133. The molecule has 26 heavy (non-hydrogen) atoms. The zero-order chi connectivity index (χ0) is 19.1. The van der Waals surface area contributed by atoms with Crippen LogP contribution in [0, 0.1) is 0 Å². The minimum Gasteiger partial charge on any atom is -0.491 e. The molecule has 0 unspecified atom stereocenters. The molecule has 2 N–H and O–H groups in total. The van der Waals surface area contributed by atoms with Crippen molar-refractivity contribution >= 4 is 35.0 Å². The van der Waals surface area contributed by atoms with Gasteiger partial charge in [0.2, 0.25) is 0 Å². The maximum absolute atomic E-state index is 12.1. The Hall–Kier alpha value is -2.44. The lowest BCUT2D eigenvalue weighted by Gasteiger charge is -2.12. The SMILES string of the molecule is CC(C)Oc1cccc(C(=O)NNC(=O)COc2ccc(Cl)cc2Cl)c1. The second-order valence-electron chi connectivity index (χ2n) is 5.56. The second-order valence-corrected chi connectivity index (χ2v) is 6.40. The average molecular weight is 397 g/mol. The third kappa shape index (κ3) is 6.13. The van der Waals surface area contributed by atoms with Gasteiger partial charge in [-0.2, -0.15) is 0 Å². The summed E-state index contributed by atoms with van der Waals surface area (Å²) in [4.78, 5) is 23.9. The van der Waals surface area contributed by atoms with Gasteiger partial charge in [0, 0.05) is 10.6 Å². The zero-order valence-electron chi connectivity index (χ0n) is 14.2. The summed E-state index contributed by atoms with van der Waals surface area (Å²) in [6.07, 6.45) is -0.00939. The van der Waals surface area contributed by atoms with Crippen LogP contribution in [0.15, 0.2) is 42.5 Å². The van der Waals surface area contributed by atoms with Gasteiger partial charge in [-0.25, -0.2) is 0 Å². The molecule has 0 radical (unpaired) electrons. The van der Waals surface area contributed by atoms with E-state index < -0.39 is 11.8 Å². The number of carbonyl (C=O) groups excluding carboxylic acids is 2. The van der Waals surface area contributed by atoms with E-state index in [0.717, 1.165) is 0 Å². The van der Waals surface area contributed by atoms with Crippen LogP contribution in [0.1, 0.15) is 24.2 Å². The van der Waals surface area contributed by atoms with Gasteiger partial charge in [0.25, 0.3) is 11.8 Å². The number of nitrogens with one attached hydrogen (secondary N) is 2. The van der Waals surface area contributed by atoms with Gasteiger partial charge in [0.1, 0.15) is 11.5 Å². The number of benzene rings is 2. The molecule has 0 fully saturated rings. The first-order valence-corrected chi connectivity index (χ1v) is 8.54. The minimum absolute atomic E-state index is 0.00939. The molecular formula is C18H18Cl2N2O4. The van der Waals surface area contributed by atoms with Crippen LogP contribution in [0.25, 0.3) is 0 Å². The van der Waals surface area contributed by atoms with E-state index in [4.69, 9.17) is 32.7 Å². The molecule has 0 aliphatic rings. The standard InChI is InChI=1S/C18H18Cl2N2O4/c1-11(2)26-14-5-3-4-12(8-14)18(24)22-21-17(23)10-25-16-7-6-13(19)9-15(16)20/h3-9,11H,10H2,1-2H3,(H,21,23)(H,22,24). The zero-order valence-corrected chi connectivity index (χ0v) is 15.7. The lowest BCUT2D eigenvalue weighted by atomic mass is 10.2. The maximum atomic E-state index is 12.1. The van der Waals surface area contributed by atoms with Crippen molar-refractivity contribution in [1.29, 1.82) is 0 Å². The predicted octanol–water partition coefficient (Wildman–Crippen LogP) is 3.62. The summed E-state index contributed by atoms with van der Waals surface area (Å²) in [5.41, 5.74) is 4.93. The fourth-order valence-electron chi connectivity index (χ4n) is 1.95. The molecule has 0 bridgehead atoms. The maximum Gasteiger partial charge on any atom is 0.276 e. The van der Waals surface area contributed by atoms with Crippen LogP contribution in [-0.2, 0) is 4.79 Å². The van der Waals surface area contributed by atoms with Crippen LogP contribution in [0.5, 0.6) is 11.5 Å². The number of amides is 2. The van der Waals surface area contributed by atoms with E-state index in [1.807, 2.05) is 13.8 Å². The molecule has 0 heterocycles. The van der Waals surface area contributed by atoms with E-state index in [-0.39, 0.29) is 17.7 Å². The molecule has 2 aromatic rings. The van der Waals surface area contributed by atoms with E-state index in [2.05, 4.69) is 10.9 Å². The Balaban J connectivity index is 1.84. The quantitative estimate of drug-likeness (QED) is 0.730. The van der Waals surface area contributed by atoms with Crippen molar-refractivity contribution in [1.82, 2.24) is 10.9 Å². The highest BCUT2D eigenvalue weighted by Gasteiger charge is 2.10. The number of rotatable bonds is 6. The van der Waals surface area contributed by atoms with Crippen LogP contribution in [0.4, 0.5) is 0 Å². The monoisotopic (exact) mass is 396 g/mol. The molecular weight excluding hydrogens is 379 g/mol. The highest BCUT2D eigenvalue weighted by molar-refractivity contribution is 6.35. The molecule has 0 atom stereocenters. The van der Waals surface area contributed by atoms with Gasteiger partial charge < -0.3 is 9.47 Å². The van der Waals surface area contributed by atoms with E-state index in [1.54, 1.807) is 36.4 Å². The first-order chi connectivity index (χ1) is 12.3. The summed E-state index contributed by atoms with van der Waals surface area (Å²) < 4.78 is 10.8. The summed E-state index contributed by atoms with van der Waals surface area (Å²) in [6, 6.07) is 11.3. The Morgan fingerprint density at radius 2 is 1.85 bits per heavy atom. The molecule has 138 valence electrons. The Kier molecular flexibility index (Phi) is 7.12. The molecule has 0 saturated carbocycles. The minimum atomic E-state index is -0.543. The van der Waals surface area contributed by atoms with E-state index in [9.17, 15) is 9.59 Å². The van der Waals surface area contributed by atoms with Crippen molar-refractivity contribution in [2.75, 3.05) is 6.61 Å². The molecule has 2 rings (SSSR count). The molecule has 2 aromatic carbocycles. The first-order valence-electron chi connectivity index (χ1n) is 7.79. The Labute approximate surface area is 161 Å². The van der Waals surface area contributed by atoms with Crippen molar-refractivity contribution in [3.63, 3.8) is 0 Å². The second kappa shape index (κ2) is 9.31. The predicted molar refractivity (Wildman–Crippen MR) is 99.8 cm³/mol. The number of ether oxygens (including phenoxy) is 2. The van der Waals surface area contributed by atoms with Crippen molar-refractivity contribution in [2.24, 2.45) is 0 Å². The van der Waals surface area contributed by atoms with Gasteiger partial charge in [-0.05, 0) is 50.2 Å². The summed E-state index contributed by atoms with van der Waals surface area (Å²) in [6.45, 7) is 3.46. The Morgan fingerprint density at radius 3 is 2.54 bits per heavy atom. The van der Waals surface area contributed by atoms with Crippen molar-refractivity contribution < 1.29 is 19.1 Å². The number of hydrogen-bond donors (Lipinski definition) is 2. The first kappa shape index (κ1) is 19.9. The normalized spacial score (nSPS) is 10.3. The van der Waals surface area contributed by atoms with Gasteiger partial charge in [-0.1, -0.05) is 29.3 Å². The van der Waals surface area contributed by atoms with Crippen molar-refractivity contribution in [2.45, 2.75) is 20.0 Å². The van der Waals surface area contributed by atoms with Crippen LogP contribution in [0.3, 0.4) is 0 Å². The third-order valence-electron chi connectivity index (χ3n) is 3.04. The number of halogens is 2. The third-order valence-corrected chi connectivity index (χ3v) is 3.57. The van der Waals surface area contributed by atoms with Crippen LogP contribution in [0.2, 0.25) is 10.0 Å². The Bertz CT molecular complexity index is 797.